The minimum Gasteiger partial charge on any atom is -0.377 e. The predicted octanol–water partition coefficient (Wildman–Crippen LogP) is 3.58. The van der Waals surface area contributed by atoms with Crippen LogP contribution in [0.25, 0.3) is 0 Å². The maximum Gasteiger partial charge on any atom is 0.0730 e. The average molecular weight is 261 g/mol. The molecule has 2 heteroatoms. The fraction of sp³-hybridized carbons (Fsp3) is 0.647. The molecule has 1 saturated carbocycles. The van der Waals surface area contributed by atoms with Gasteiger partial charge in [0.05, 0.1) is 6.10 Å². The Morgan fingerprint density at radius 2 is 2.00 bits per heavy atom. The molecule has 4 atom stereocenters. The molecule has 2 rings (SSSR count). The number of benzene rings is 1. The van der Waals surface area contributed by atoms with E-state index in [1.54, 1.807) is 0 Å². The number of hydrogen-bond donors (Lipinski definition) is 1. The van der Waals surface area contributed by atoms with Crippen LogP contribution < -0.4 is 5.32 Å². The van der Waals surface area contributed by atoms with Crippen LogP contribution in [0.3, 0.4) is 0 Å². The Bertz CT molecular complexity index is 359. The normalized spacial score (nSPS) is 25.0. The number of likely N-dealkylation sites (N-methyl/N-ethyl adjacent to an activating group) is 1. The van der Waals surface area contributed by atoms with Crippen molar-refractivity contribution in [3.05, 3.63) is 35.9 Å². The number of hydrogen-bond acceptors (Lipinski definition) is 2. The van der Waals surface area contributed by atoms with Crippen molar-refractivity contribution in [2.24, 2.45) is 5.92 Å². The van der Waals surface area contributed by atoms with Crippen LogP contribution in [0.4, 0.5) is 0 Å². The highest BCUT2D eigenvalue weighted by atomic mass is 16.5. The van der Waals surface area contributed by atoms with Gasteiger partial charge in [0.25, 0.3) is 0 Å². The van der Waals surface area contributed by atoms with Crippen molar-refractivity contribution in [3.63, 3.8) is 0 Å². The highest BCUT2D eigenvalue weighted by molar-refractivity contribution is 5.27. The number of rotatable bonds is 8. The molecule has 0 heterocycles. The molecule has 0 bridgehead atoms. The molecule has 4 unspecified atom stereocenters. The molecule has 1 fully saturated rings. The summed E-state index contributed by atoms with van der Waals surface area (Å²) in [6.45, 7) is 5.14. The van der Waals surface area contributed by atoms with Gasteiger partial charge in [-0.1, -0.05) is 43.7 Å². The van der Waals surface area contributed by atoms with Crippen LogP contribution in [0.5, 0.6) is 0 Å². The van der Waals surface area contributed by atoms with E-state index in [4.69, 9.17) is 4.74 Å². The van der Waals surface area contributed by atoms with E-state index >= 15 is 0 Å². The van der Waals surface area contributed by atoms with Crippen LogP contribution in [-0.2, 0) is 4.74 Å². The average Bonchev–Trinajstić information content (AvgIpc) is 3.21. The monoisotopic (exact) mass is 261 g/mol. The smallest absolute Gasteiger partial charge is 0.0730 e. The molecule has 2 nitrogen and oxygen atoms in total. The van der Waals surface area contributed by atoms with Crippen LogP contribution in [0.15, 0.2) is 30.3 Å². The van der Waals surface area contributed by atoms with E-state index in [0.29, 0.717) is 12.1 Å². The van der Waals surface area contributed by atoms with E-state index in [9.17, 15) is 0 Å². The van der Waals surface area contributed by atoms with Gasteiger partial charge in [-0.05, 0) is 44.2 Å². The van der Waals surface area contributed by atoms with E-state index < -0.39 is 0 Å². The second kappa shape index (κ2) is 7.06. The minimum absolute atomic E-state index is 0.360. The molecule has 1 N–H and O–H groups in total. The summed E-state index contributed by atoms with van der Waals surface area (Å²) in [4.78, 5) is 0. The van der Waals surface area contributed by atoms with Crippen LogP contribution in [0.2, 0.25) is 0 Å². The first-order chi connectivity index (χ1) is 9.31. The van der Waals surface area contributed by atoms with Gasteiger partial charge in [0.2, 0.25) is 0 Å². The standard InChI is InChI=1S/C17H27NO/c1-4-9-16(19-5-2)17(18-3)15-12-14(15)13-10-7-6-8-11-13/h6-8,10-11,14-18H,4-5,9,12H2,1-3H3. The van der Waals surface area contributed by atoms with Gasteiger partial charge in [0.1, 0.15) is 0 Å². The van der Waals surface area contributed by atoms with Crippen LogP contribution >= 0.6 is 0 Å². The second-order valence-electron chi connectivity index (χ2n) is 5.51. The predicted molar refractivity (Wildman–Crippen MR) is 80.5 cm³/mol. The lowest BCUT2D eigenvalue weighted by Gasteiger charge is -2.27. The Morgan fingerprint density at radius 1 is 1.26 bits per heavy atom. The Balaban J connectivity index is 1.99. The van der Waals surface area contributed by atoms with Crippen molar-refractivity contribution in [3.8, 4) is 0 Å². The van der Waals surface area contributed by atoms with Crippen molar-refractivity contribution in [1.82, 2.24) is 5.32 Å². The summed E-state index contributed by atoms with van der Waals surface area (Å²) in [5.74, 6) is 1.45. The zero-order valence-corrected chi connectivity index (χ0v) is 12.4. The molecule has 0 spiro atoms. The summed E-state index contributed by atoms with van der Waals surface area (Å²) in [5, 5.41) is 3.51. The van der Waals surface area contributed by atoms with Gasteiger partial charge in [-0.15, -0.1) is 0 Å². The van der Waals surface area contributed by atoms with Crippen LogP contribution in [-0.4, -0.2) is 25.8 Å². The van der Waals surface area contributed by atoms with Crippen LogP contribution in [0.1, 0.15) is 44.6 Å². The molecular weight excluding hydrogens is 234 g/mol. The molecule has 0 aliphatic heterocycles. The fourth-order valence-corrected chi connectivity index (χ4v) is 3.24. The third-order valence-electron chi connectivity index (χ3n) is 4.22. The van der Waals surface area contributed by atoms with Gasteiger partial charge in [-0.25, -0.2) is 0 Å². The molecule has 0 radical (unpaired) electrons. The van der Waals surface area contributed by atoms with E-state index in [1.807, 2.05) is 0 Å². The largest absolute Gasteiger partial charge is 0.377 e. The summed E-state index contributed by atoms with van der Waals surface area (Å²) in [7, 11) is 2.08. The lowest BCUT2D eigenvalue weighted by molar-refractivity contribution is 0.0238. The van der Waals surface area contributed by atoms with Crippen molar-refractivity contribution in [2.45, 2.75) is 51.2 Å². The van der Waals surface area contributed by atoms with E-state index in [0.717, 1.165) is 24.9 Å². The summed E-state index contributed by atoms with van der Waals surface area (Å²) in [5.41, 5.74) is 1.49. The first-order valence-electron chi connectivity index (χ1n) is 7.65. The Hall–Kier alpha value is -0.860. The van der Waals surface area contributed by atoms with Crippen molar-refractivity contribution >= 4 is 0 Å². The van der Waals surface area contributed by atoms with E-state index in [2.05, 4.69) is 56.5 Å². The lowest BCUT2D eigenvalue weighted by atomic mass is 9.98. The Kier molecular flexibility index (Phi) is 5.41. The zero-order valence-electron chi connectivity index (χ0n) is 12.4. The summed E-state index contributed by atoms with van der Waals surface area (Å²) in [6, 6.07) is 11.4. The molecule has 1 aromatic carbocycles. The quantitative estimate of drug-likeness (QED) is 0.772. The van der Waals surface area contributed by atoms with Gasteiger partial charge in [-0.2, -0.15) is 0 Å². The first kappa shape index (κ1) is 14.5. The summed E-state index contributed by atoms with van der Waals surface area (Å²) >= 11 is 0. The van der Waals surface area contributed by atoms with Crippen molar-refractivity contribution in [1.29, 1.82) is 0 Å². The van der Waals surface area contributed by atoms with E-state index in [1.165, 1.54) is 18.4 Å². The number of ether oxygens (including phenoxy) is 1. The summed E-state index contributed by atoms with van der Waals surface area (Å²) in [6.07, 6.45) is 3.99. The van der Waals surface area contributed by atoms with E-state index in [-0.39, 0.29) is 0 Å². The molecule has 1 aliphatic carbocycles. The molecule has 1 aromatic rings. The second-order valence-corrected chi connectivity index (χ2v) is 5.51. The third kappa shape index (κ3) is 3.58. The molecule has 106 valence electrons. The topological polar surface area (TPSA) is 21.3 Å². The van der Waals surface area contributed by atoms with Gasteiger partial charge < -0.3 is 10.1 Å². The maximum absolute atomic E-state index is 5.96. The highest BCUT2D eigenvalue weighted by Gasteiger charge is 2.45. The van der Waals surface area contributed by atoms with Crippen LogP contribution in [0, 0.1) is 5.92 Å². The SMILES string of the molecule is CCCC(OCC)C(NC)C1CC1c1ccccc1. The molecule has 0 aromatic heterocycles. The zero-order chi connectivity index (χ0) is 13.7. The molecular formula is C17H27NO. The van der Waals surface area contributed by atoms with Crippen molar-refractivity contribution in [2.75, 3.05) is 13.7 Å². The van der Waals surface area contributed by atoms with Gasteiger partial charge in [0, 0.05) is 12.6 Å². The molecule has 0 amide bonds. The van der Waals surface area contributed by atoms with Crippen molar-refractivity contribution < 1.29 is 4.74 Å². The fourth-order valence-electron chi connectivity index (χ4n) is 3.24. The van der Waals surface area contributed by atoms with Gasteiger partial charge in [0.15, 0.2) is 0 Å². The molecule has 1 aliphatic rings. The Labute approximate surface area is 117 Å². The third-order valence-corrected chi connectivity index (χ3v) is 4.22. The highest BCUT2D eigenvalue weighted by Crippen LogP contribution is 2.50. The first-order valence-corrected chi connectivity index (χ1v) is 7.65. The minimum atomic E-state index is 0.360. The maximum atomic E-state index is 5.96. The number of nitrogens with one attached hydrogen (secondary N) is 1. The lowest BCUT2D eigenvalue weighted by Crippen LogP contribution is -2.41. The van der Waals surface area contributed by atoms with Gasteiger partial charge in [-0.3, -0.25) is 0 Å². The van der Waals surface area contributed by atoms with Gasteiger partial charge >= 0.3 is 0 Å². The molecule has 0 saturated heterocycles. The molecule has 19 heavy (non-hydrogen) atoms. The summed E-state index contributed by atoms with van der Waals surface area (Å²) < 4.78 is 5.96. The Morgan fingerprint density at radius 3 is 2.58 bits per heavy atom.